The molecule has 208 valence electrons. The molecule has 0 bridgehead atoms. The molecule has 2 amide bonds. The van der Waals surface area contributed by atoms with Crippen LogP contribution in [-0.4, -0.2) is 90.9 Å². The second-order valence-electron chi connectivity index (χ2n) is 12.3. The fourth-order valence-electron chi connectivity index (χ4n) is 4.86. The Morgan fingerprint density at radius 3 is 1.42 bits per heavy atom. The number of carbonyl (C=O) groups is 2. The molecule has 2 aromatic rings. The third-order valence-electron chi connectivity index (χ3n) is 6.86. The number of nitrogens with zero attached hydrogens (tertiary/aromatic N) is 6. The predicted molar refractivity (Wildman–Crippen MR) is 144 cm³/mol. The van der Waals surface area contributed by atoms with E-state index in [2.05, 4.69) is 10.2 Å². The van der Waals surface area contributed by atoms with Crippen molar-refractivity contribution in [2.45, 2.75) is 90.5 Å². The van der Waals surface area contributed by atoms with Crippen molar-refractivity contribution in [3.63, 3.8) is 0 Å². The molecule has 1 N–H and O–H groups in total. The van der Waals surface area contributed by atoms with Gasteiger partial charge in [-0.1, -0.05) is 0 Å². The summed E-state index contributed by atoms with van der Waals surface area (Å²) in [6.07, 6.45) is 9.70. The molecule has 0 atom stereocenters. The molecule has 0 saturated carbocycles. The Kier molecular flexibility index (Phi) is 8.10. The van der Waals surface area contributed by atoms with Gasteiger partial charge in [0.25, 0.3) is 0 Å². The molecule has 11 nitrogen and oxygen atoms in total. The van der Waals surface area contributed by atoms with Gasteiger partial charge in [0.05, 0.1) is 12.1 Å². The van der Waals surface area contributed by atoms with Crippen LogP contribution < -0.4 is 10.9 Å². The lowest BCUT2D eigenvalue weighted by molar-refractivity contribution is 0.0174. The lowest BCUT2D eigenvalue weighted by atomic mass is 9.58. The highest BCUT2D eigenvalue weighted by Crippen LogP contribution is 2.24. The van der Waals surface area contributed by atoms with Gasteiger partial charge in [0, 0.05) is 51.0 Å². The monoisotopic (exact) mass is 528 g/mol. The van der Waals surface area contributed by atoms with Crippen LogP contribution in [0.2, 0.25) is 0 Å². The van der Waals surface area contributed by atoms with Crippen LogP contribution in [0.3, 0.4) is 0 Å². The zero-order chi connectivity index (χ0) is 27.7. The Bertz CT molecular complexity index is 1020. The number of aromatic nitrogens is 4. The molecule has 2 aliphatic heterocycles. The van der Waals surface area contributed by atoms with Gasteiger partial charge in [-0.15, -0.1) is 0 Å². The van der Waals surface area contributed by atoms with Gasteiger partial charge in [0.15, 0.2) is 0 Å². The van der Waals surface area contributed by atoms with E-state index in [9.17, 15) is 14.6 Å². The summed E-state index contributed by atoms with van der Waals surface area (Å²) in [7, 11) is 0. The first-order valence-electron chi connectivity index (χ1n) is 13.5. The van der Waals surface area contributed by atoms with E-state index in [1.165, 1.54) is 0 Å². The number of ether oxygens (including phenoxy) is 2. The Hall–Kier alpha value is -3.02. The van der Waals surface area contributed by atoms with Crippen molar-refractivity contribution in [1.82, 2.24) is 29.4 Å². The first-order chi connectivity index (χ1) is 17.8. The van der Waals surface area contributed by atoms with E-state index >= 15 is 0 Å². The maximum Gasteiger partial charge on any atom is 0.410 e. The normalized spacial score (nSPS) is 18.0. The molecule has 38 heavy (non-hydrogen) atoms. The summed E-state index contributed by atoms with van der Waals surface area (Å²) < 4.78 is 14.7. The van der Waals surface area contributed by atoms with Crippen molar-refractivity contribution >= 4 is 30.0 Å². The quantitative estimate of drug-likeness (QED) is 0.606. The Balaban J connectivity index is 1.29. The molecule has 0 spiro atoms. The zero-order valence-corrected chi connectivity index (χ0v) is 23.5. The van der Waals surface area contributed by atoms with E-state index < -0.39 is 18.1 Å². The van der Waals surface area contributed by atoms with Crippen molar-refractivity contribution in [3.05, 3.63) is 24.8 Å². The van der Waals surface area contributed by atoms with E-state index in [1.807, 2.05) is 63.3 Å². The smallest absolute Gasteiger partial charge is 0.410 e. The van der Waals surface area contributed by atoms with Crippen LogP contribution in [0, 0.1) is 0 Å². The van der Waals surface area contributed by atoms with Gasteiger partial charge < -0.3 is 24.3 Å². The topological polar surface area (TPSA) is 115 Å². The molecule has 0 aromatic carbocycles. The minimum absolute atomic E-state index is 0.160. The van der Waals surface area contributed by atoms with E-state index in [1.54, 1.807) is 22.2 Å². The third-order valence-corrected chi connectivity index (χ3v) is 6.86. The predicted octanol–water partition coefficient (Wildman–Crippen LogP) is 2.32. The summed E-state index contributed by atoms with van der Waals surface area (Å²) in [5.41, 5.74) is 0.399. The summed E-state index contributed by atoms with van der Waals surface area (Å²) in [6.45, 7) is 12.8. The molecule has 0 unspecified atom stereocenters. The number of likely N-dealkylation sites (tertiary alicyclic amines) is 2. The fourth-order valence-corrected chi connectivity index (χ4v) is 4.86. The highest BCUT2D eigenvalue weighted by atomic mass is 16.6. The lowest BCUT2D eigenvalue weighted by Crippen LogP contribution is -2.43. The summed E-state index contributed by atoms with van der Waals surface area (Å²) in [5, 5.41) is 20.0. The largest absolute Gasteiger partial charge is 0.444 e. The van der Waals surface area contributed by atoms with E-state index in [0.29, 0.717) is 37.1 Å². The summed E-state index contributed by atoms with van der Waals surface area (Å²) >= 11 is 0. The standard InChI is InChI=1S/C26H41BN6O5/c1-25(2,3)37-23(34)30-11-7-21(8-12-30)32-17-19(15-28-32)27(36)20-16-29-33(18-20)22-9-13-31(14-10-22)24(35)38-26(4,5)6/h15-18,21-22,36H,7-14H2,1-6H3. The van der Waals surface area contributed by atoms with E-state index in [4.69, 9.17) is 9.47 Å². The average Bonchev–Trinajstić information content (AvgIpc) is 3.52. The van der Waals surface area contributed by atoms with Crippen molar-refractivity contribution in [2.24, 2.45) is 0 Å². The Morgan fingerprint density at radius 1 is 0.763 bits per heavy atom. The van der Waals surface area contributed by atoms with Crippen molar-refractivity contribution in [3.8, 4) is 0 Å². The van der Waals surface area contributed by atoms with Gasteiger partial charge in [-0.2, -0.15) is 10.2 Å². The molecular weight excluding hydrogens is 487 g/mol. The second-order valence-corrected chi connectivity index (χ2v) is 12.3. The molecular formula is C26H41BN6O5. The number of piperidine rings is 2. The van der Waals surface area contributed by atoms with Crippen LogP contribution >= 0.6 is 0 Å². The van der Waals surface area contributed by atoms with Crippen LogP contribution in [0.5, 0.6) is 0 Å². The maximum atomic E-state index is 12.3. The Morgan fingerprint density at radius 2 is 1.11 bits per heavy atom. The van der Waals surface area contributed by atoms with Crippen LogP contribution in [0.4, 0.5) is 9.59 Å². The van der Waals surface area contributed by atoms with Crippen LogP contribution in [-0.2, 0) is 9.47 Å². The van der Waals surface area contributed by atoms with Gasteiger partial charge in [0.1, 0.15) is 11.2 Å². The van der Waals surface area contributed by atoms with Crippen molar-refractivity contribution in [1.29, 1.82) is 0 Å². The lowest BCUT2D eigenvalue weighted by Gasteiger charge is -2.33. The maximum absolute atomic E-state index is 12.3. The molecule has 4 rings (SSSR count). The molecule has 2 aliphatic rings. The first-order valence-corrected chi connectivity index (χ1v) is 13.5. The molecule has 4 heterocycles. The van der Waals surface area contributed by atoms with E-state index in [-0.39, 0.29) is 24.3 Å². The van der Waals surface area contributed by atoms with Gasteiger partial charge in [-0.25, -0.2) is 9.59 Å². The summed E-state index contributed by atoms with van der Waals surface area (Å²) in [6, 6.07) is 0.319. The highest BCUT2D eigenvalue weighted by molar-refractivity contribution is 6.78. The number of hydrogen-bond donors (Lipinski definition) is 1. The SMILES string of the molecule is CC(C)(C)OC(=O)N1CCC(n2cc(B(O)c3cnn(C4CCN(C(=O)OC(C)(C)C)CC4)c3)cn2)CC1. The molecule has 0 aliphatic carbocycles. The minimum Gasteiger partial charge on any atom is -0.444 e. The van der Waals surface area contributed by atoms with Crippen molar-refractivity contribution in [2.75, 3.05) is 26.2 Å². The first kappa shape index (κ1) is 28.0. The number of carbonyl (C=O) groups excluding carboxylic acids is 2. The fraction of sp³-hybridized carbons (Fsp3) is 0.692. The summed E-state index contributed by atoms with van der Waals surface area (Å²) in [5.74, 6) is 0. The van der Waals surface area contributed by atoms with Crippen LogP contribution in [0.15, 0.2) is 24.8 Å². The van der Waals surface area contributed by atoms with Crippen LogP contribution in [0.25, 0.3) is 0 Å². The molecule has 12 heteroatoms. The van der Waals surface area contributed by atoms with E-state index in [0.717, 1.165) is 25.7 Å². The molecule has 2 fully saturated rings. The minimum atomic E-state index is -0.832. The molecule has 2 aromatic heterocycles. The number of rotatable bonds is 4. The van der Waals surface area contributed by atoms with Gasteiger partial charge >= 0.3 is 19.1 Å². The second kappa shape index (κ2) is 11.0. The van der Waals surface area contributed by atoms with Crippen molar-refractivity contribution < 1.29 is 24.1 Å². The highest BCUT2D eigenvalue weighted by Gasteiger charge is 2.31. The van der Waals surface area contributed by atoms with Crippen LogP contribution in [0.1, 0.15) is 79.3 Å². The Labute approximate surface area is 225 Å². The van der Waals surface area contributed by atoms with Gasteiger partial charge in [-0.3, -0.25) is 9.36 Å². The van der Waals surface area contributed by atoms with Gasteiger partial charge in [0.2, 0.25) is 0 Å². The molecule has 2 saturated heterocycles. The number of amides is 2. The molecule has 0 radical (unpaired) electrons. The third kappa shape index (κ3) is 7.09. The number of hydrogen-bond acceptors (Lipinski definition) is 7. The summed E-state index contributed by atoms with van der Waals surface area (Å²) in [4.78, 5) is 28.2. The van der Waals surface area contributed by atoms with Gasteiger partial charge in [-0.05, 0) is 78.2 Å². The zero-order valence-electron chi connectivity index (χ0n) is 23.5. The average molecular weight is 528 g/mol.